The Morgan fingerprint density at radius 3 is 2.52 bits per heavy atom. The second kappa shape index (κ2) is 7.66. The number of pyridine rings is 1. The smallest absolute Gasteiger partial charge is 0.274 e. The molecule has 0 spiro atoms. The van der Waals surface area contributed by atoms with Gasteiger partial charge in [-0.1, -0.05) is 49.6 Å². The van der Waals surface area contributed by atoms with Crippen LogP contribution in [0.25, 0.3) is 0 Å². The zero-order valence-corrected chi connectivity index (χ0v) is 14.3. The van der Waals surface area contributed by atoms with Gasteiger partial charge in [-0.3, -0.25) is 9.59 Å². The summed E-state index contributed by atoms with van der Waals surface area (Å²) in [6, 6.07) is 13.0. The molecule has 1 heterocycles. The van der Waals surface area contributed by atoms with Crippen molar-refractivity contribution in [3.05, 3.63) is 64.6 Å². The van der Waals surface area contributed by atoms with Crippen LogP contribution in [0.5, 0.6) is 0 Å². The first-order valence-electron chi connectivity index (χ1n) is 8.81. The predicted octanol–water partition coefficient (Wildman–Crippen LogP) is 2.92. The van der Waals surface area contributed by atoms with Crippen LogP contribution in [-0.4, -0.2) is 21.2 Å². The SMILES string of the molecule is O=C(CC1(O)CCCCC1)Nc1cccn(Cc2ccccc2)c1=O. The van der Waals surface area contributed by atoms with Crippen molar-refractivity contribution < 1.29 is 9.90 Å². The summed E-state index contributed by atoms with van der Waals surface area (Å²) >= 11 is 0. The van der Waals surface area contributed by atoms with Gasteiger partial charge in [-0.25, -0.2) is 0 Å². The Morgan fingerprint density at radius 1 is 1.08 bits per heavy atom. The highest BCUT2D eigenvalue weighted by Crippen LogP contribution is 2.30. The number of anilines is 1. The number of carbonyl (C=O) groups excluding carboxylic acids is 1. The first-order chi connectivity index (χ1) is 12.1. The zero-order chi connectivity index (χ0) is 17.7. The third-order valence-corrected chi connectivity index (χ3v) is 4.76. The van der Waals surface area contributed by atoms with E-state index in [9.17, 15) is 14.7 Å². The van der Waals surface area contributed by atoms with Gasteiger partial charge in [0.05, 0.1) is 18.6 Å². The van der Waals surface area contributed by atoms with Crippen molar-refractivity contribution in [3.63, 3.8) is 0 Å². The summed E-state index contributed by atoms with van der Waals surface area (Å²) in [5, 5.41) is 13.2. The molecule has 5 heteroatoms. The number of hydrogen-bond donors (Lipinski definition) is 2. The molecule has 2 aromatic rings. The van der Waals surface area contributed by atoms with Gasteiger partial charge in [0.1, 0.15) is 5.69 Å². The van der Waals surface area contributed by atoms with Gasteiger partial charge in [0.25, 0.3) is 5.56 Å². The summed E-state index contributed by atoms with van der Waals surface area (Å²) in [7, 11) is 0. The van der Waals surface area contributed by atoms with Crippen LogP contribution in [0.2, 0.25) is 0 Å². The van der Waals surface area contributed by atoms with E-state index in [1.54, 1.807) is 22.9 Å². The van der Waals surface area contributed by atoms with Gasteiger partial charge in [-0.05, 0) is 30.5 Å². The van der Waals surface area contributed by atoms with E-state index >= 15 is 0 Å². The topological polar surface area (TPSA) is 71.3 Å². The second-order valence-electron chi connectivity index (χ2n) is 6.85. The Morgan fingerprint density at radius 2 is 1.80 bits per heavy atom. The van der Waals surface area contributed by atoms with Gasteiger partial charge in [0, 0.05) is 6.20 Å². The molecular weight excluding hydrogens is 316 g/mol. The standard InChI is InChI=1S/C20H24N2O3/c23-18(14-20(25)11-5-2-6-12-20)21-17-10-7-13-22(19(17)24)15-16-8-3-1-4-9-16/h1,3-4,7-10,13,25H,2,5-6,11-12,14-15H2,(H,21,23). The number of aliphatic hydroxyl groups is 1. The third-order valence-electron chi connectivity index (χ3n) is 4.76. The lowest BCUT2D eigenvalue weighted by atomic mass is 9.82. The molecule has 0 radical (unpaired) electrons. The van der Waals surface area contributed by atoms with Gasteiger partial charge in [0.2, 0.25) is 5.91 Å². The number of aromatic nitrogens is 1. The van der Waals surface area contributed by atoms with Gasteiger partial charge >= 0.3 is 0 Å². The minimum atomic E-state index is -0.930. The first kappa shape index (κ1) is 17.4. The molecule has 2 N–H and O–H groups in total. The lowest BCUT2D eigenvalue weighted by molar-refractivity contribution is -0.122. The molecule has 3 rings (SSSR count). The molecule has 1 aliphatic carbocycles. The molecule has 1 fully saturated rings. The lowest BCUT2D eigenvalue weighted by Crippen LogP contribution is -2.36. The molecule has 0 unspecified atom stereocenters. The fraction of sp³-hybridized carbons (Fsp3) is 0.400. The molecule has 1 saturated carbocycles. The quantitative estimate of drug-likeness (QED) is 0.879. The van der Waals surface area contributed by atoms with Crippen molar-refractivity contribution in [2.75, 3.05) is 5.32 Å². The van der Waals surface area contributed by atoms with Crippen molar-refractivity contribution in [1.82, 2.24) is 4.57 Å². The summed E-state index contributed by atoms with van der Waals surface area (Å²) in [5.74, 6) is -0.307. The Kier molecular flexibility index (Phi) is 5.34. The molecule has 0 atom stereocenters. The largest absolute Gasteiger partial charge is 0.389 e. The number of nitrogens with one attached hydrogen (secondary N) is 1. The molecule has 132 valence electrons. The van der Waals surface area contributed by atoms with Crippen LogP contribution in [0.4, 0.5) is 5.69 Å². The minimum Gasteiger partial charge on any atom is -0.389 e. The number of benzene rings is 1. The molecule has 0 saturated heterocycles. The van der Waals surface area contributed by atoms with E-state index < -0.39 is 5.60 Å². The van der Waals surface area contributed by atoms with Crippen molar-refractivity contribution in [1.29, 1.82) is 0 Å². The Balaban J connectivity index is 1.69. The van der Waals surface area contributed by atoms with Crippen molar-refractivity contribution in [2.24, 2.45) is 0 Å². The number of rotatable bonds is 5. The molecule has 25 heavy (non-hydrogen) atoms. The molecule has 1 amide bonds. The Labute approximate surface area is 147 Å². The van der Waals surface area contributed by atoms with Crippen molar-refractivity contribution in [3.8, 4) is 0 Å². The number of amides is 1. The van der Waals surface area contributed by atoms with E-state index in [4.69, 9.17) is 0 Å². The summed E-state index contributed by atoms with van der Waals surface area (Å²) in [6.07, 6.45) is 6.03. The van der Waals surface area contributed by atoms with Crippen LogP contribution in [0.1, 0.15) is 44.1 Å². The molecule has 1 aliphatic rings. The Hall–Kier alpha value is -2.40. The molecule has 0 bridgehead atoms. The van der Waals surface area contributed by atoms with Crippen LogP contribution < -0.4 is 10.9 Å². The highest BCUT2D eigenvalue weighted by molar-refractivity contribution is 5.91. The van der Waals surface area contributed by atoms with Crippen LogP contribution in [-0.2, 0) is 11.3 Å². The van der Waals surface area contributed by atoms with Crippen LogP contribution in [0.15, 0.2) is 53.5 Å². The fourth-order valence-electron chi connectivity index (χ4n) is 3.42. The monoisotopic (exact) mass is 340 g/mol. The average Bonchev–Trinajstić information content (AvgIpc) is 2.59. The van der Waals surface area contributed by atoms with Crippen LogP contribution in [0, 0.1) is 0 Å². The van der Waals surface area contributed by atoms with Gasteiger partial charge < -0.3 is 15.0 Å². The summed E-state index contributed by atoms with van der Waals surface area (Å²) in [5.41, 5.74) is 0.1000. The third kappa shape index (κ3) is 4.57. The maximum atomic E-state index is 12.6. The molecule has 1 aromatic heterocycles. The average molecular weight is 340 g/mol. The van der Waals surface area contributed by atoms with E-state index in [1.165, 1.54) is 0 Å². The Bertz CT molecular complexity index is 777. The van der Waals surface area contributed by atoms with Crippen molar-refractivity contribution >= 4 is 11.6 Å². The van der Waals surface area contributed by atoms with Crippen LogP contribution in [0.3, 0.4) is 0 Å². The molecule has 0 aliphatic heterocycles. The van der Waals surface area contributed by atoms with Gasteiger partial charge in [-0.15, -0.1) is 0 Å². The number of carbonyl (C=O) groups is 1. The van der Waals surface area contributed by atoms with E-state index in [0.29, 0.717) is 19.4 Å². The minimum absolute atomic E-state index is 0.0417. The molecular formula is C20H24N2O3. The second-order valence-corrected chi connectivity index (χ2v) is 6.85. The van der Waals surface area contributed by atoms with E-state index in [2.05, 4.69) is 5.32 Å². The highest BCUT2D eigenvalue weighted by atomic mass is 16.3. The van der Waals surface area contributed by atoms with Gasteiger partial charge in [-0.2, -0.15) is 0 Å². The van der Waals surface area contributed by atoms with Gasteiger partial charge in [0.15, 0.2) is 0 Å². The fourth-order valence-corrected chi connectivity index (χ4v) is 3.42. The lowest BCUT2D eigenvalue weighted by Gasteiger charge is -2.31. The normalized spacial score (nSPS) is 16.4. The maximum absolute atomic E-state index is 12.6. The van der Waals surface area contributed by atoms with E-state index in [-0.39, 0.29) is 23.6 Å². The summed E-state index contributed by atoms with van der Waals surface area (Å²) < 4.78 is 1.57. The summed E-state index contributed by atoms with van der Waals surface area (Å²) in [6.45, 7) is 0.452. The molecule has 1 aromatic carbocycles. The molecule has 5 nitrogen and oxygen atoms in total. The number of hydrogen-bond acceptors (Lipinski definition) is 3. The highest BCUT2D eigenvalue weighted by Gasteiger charge is 2.31. The first-order valence-corrected chi connectivity index (χ1v) is 8.81. The number of nitrogens with zero attached hydrogens (tertiary/aromatic N) is 1. The predicted molar refractivity (Wildman–Crippen MR) is 97.5 cm³/mol. The van der Waals surface area contributed by atoms with Crippen molar-refractivity contribution in [2.45, 2.75) is 50.7 Å². The maximum Gasteiger partial charge on any atom is 0.274 e. The van der Waals surface area contributed by atoms with E-state index in [1.807, 2.05) is 30.3 Å². The van der Waals surface area contributed by atoms with E-state index in [0.717, 1.165) is 24.8 Å². The zero-order valence-electron chi connectivity index (χ0n) is 14.3. The summed E-state index contributed by atoms with van der Waals surface area (Å²) in [4.78, 5) is 24.9. The van der Waals surface area contributed by atoms with Crippen LogP contribution >= 0.6 is 0 Å².